The first-order valence-electron chi connectivity index (χ1n) is 7.86. The average molecular weight is 381 g/mol. The summed E-state index contributed by atoms with van der Waals surface area (Å²) in [4.78, 5) is 24.6. The van der Waals surface area contributed by atoms with Crippen molar-refractivity contribution in [2.45, 2.75) is 19.4 Å². The largest absolute Gasteiger partial charge is 0.507 e. The van der Waals surface area contributed by atoms with Crippen LogP contribution in [0.4, 0.5) is 0 Å². The molecule has 1 atom stereocenters. The number of rotatable bonds is 7. The minimum absolute atomic E-state index is 0.0377. The number of nitrogens with one attached hydrogen (secondary N) is 1. The molecule has 2 rings (SSSR count). The van der Waals surface area contributed by atoms with Crippen molar-refractivity contribution < 1.29 is 32.4 Å². The van der Waals surface area contributed by atoms with Gasteiger partial charge in [0.2, 0.25) is 0 Å². The molecule has 0 spiro atoms. The van der Waals surface area contributed by atoms with Crippen molar-refractivity contribution in [3.05, 3.63) is 42.0 Å². The molecule has 0 fully saturated rings. The van der Waals surface area contributed by atoms with Gasteiger partial charge in [0.05, 0.1) is 17.9 Å². The van der Waals surface area contributed by atoms with Gasteiger partial charge in [0.1, 0.15) is 11.8 Å². The number of esters is 1. The van der Waals surface area contributed by atoms with Crippen molar-refractivity contribution >= 4 is 32.8 Å². The third-order valence-corrected chi connectivity index (χ3v) is 4.43. The number of amides is 1. The Morgan fingerprint density at radius 1 is 1.19 bits per heavy atom. The molecular formula is C17H19NO7S. The molecule has 0 bridgehead atoms. The quantitative estimate of drug-likeness (QED) is 0.489. The highest BCUT2D eigenvalue weighted by molar-refractivity contribution is 7.85. The molecule has 0 saturated heterocycles. The van der Waals surface area contributed by atoms with Crippen LogP contribution in [0, 0.1) is 0 Å². The van der Waals surface area contributed by atoms with E-state index >= 15 is 0 Å². The number of carbonyl (C=O) groups is 2. The Bertz CT molecular complexity index is 924. The van der Waals surface area contributed by atoms with E-state index in [4.69, 9.17) is 9.29 Å². The molecule has 8 nitrogen and oxygen atoms in total. The smallest absolute Gasteiger partial charge is 0.328 e. The zero-order valence-electron chi connectivity index (χ0n) is 14.0. The first-order chi connectivity index (χ1) is 12.2. The van der Waals surface area contributed by atoms with Crippen LogP contribution in [0.5, 0.6) is 5.75 Å². The molecule has 140 valence electrons. The summed E-state index contributed by atoms with van der Waals surface area (Å²) in [5.74, 6) is -2.59. The van der Waals surface area contributed by atoms with Crippen LogP contribution in [0.3, 0.4) is 0 Å². The topological polar surface area (TPSA) is 130 Å². The van der Waals surface area contributed by atoms with Crippen LogP contribution in [0.15, 0.2) is 36.4 Å². The number of phenolic OH excluding ortho intramolecular Hbond substituents is 1. The number of aromatic hydroxyl groups is 1. The van der Waals surface area contributed by atoms with Gasteiger partial charge in [-0.2, -0.15) is 8.42 Å². The van der Waals surface area contributed by atoms with E-state index in [0.717, 1.165) is 0 Å². The molecule has 0 aromatic heterocycles. The highest BCUT2D eigenvalue weighted by Gasteiger charge is 2.26. The Labute approximate surface area is 150 Å². The average Bonchev–Trinajstić information content (AvgIpc) is 2.57. The summed E-state index contributed by atoms with van der Waals surface area (Å²) in [5.41, 5.74) is -0.0377. The van der Waals surface area contributed by atoms with Gasteiger partial charge in [-0.1, -0.05) is 30.3 Å². The van der Waals surface area contributed by atoms with E-state index in [-0.39, 0.29) is 24.3 Å². The molecule has 0 aliphatic rings. The lowest BCUT2D eigenvalue weighted by molar-refractivity contribution is -0.145. The lowest BCUT2D eigenvalue weighted by Crippen LogP contribution is -2.43. The van der Waals surface area contributed by atoms with Gasteiger partial charge in [-0.05, 0) is 30.2 Å². The Hall–Kier alpha value is -2.65. The Morgan fingerprint density at radius 3 is 2.54 bits per heavy atom. The van der Waals surface area contributed by atoms with Crippen molar-refractivity contribution in [3.8, 4) is 5.75 Å². The Kier molecular flexibility index (Phi) is 6.17. The lowest BCUT2D eigenvalue weighted by Gasteiger charge is -2.18. The van der Waals surface area contributed by atoms with Crippen LogP contribution in [0.2, 0.25) is 0 Å². The van der Waals surface area contributed by atoms with Gasteiger partial charge in [0.25, 0.3) is 16.0 Å². The maximum atomic E-state index is 12.6. The molecule has 1 amide bonds. The first-order valence-corrected chi connectivity index (χ1v) is 9.47. The first kappa shape index (κ1) is 19.7. The van der Waals surface area contributed by atoms with E-state index in [2.05, 4.69) is 5.32 Å². The van der Waals surface area contributed by atoms with Gasteiger partial charge >= 0.3 is 5.97 Å². The standard InChI is InChI=1S/C17H19NO7S/c1-2-25-17(21)13(9-10-26(22,23)24)18-16(20)15-12-6-4-3-5-11(12)7-8-14(15)19/h3-8,13,19H,2,9-10H2,1H3,(H,18,20)(H,22,23,24)/t13-/m0/s1. The maximum Gasteiger partial charge on any atom is 0.328 e. The fraction of sp³-hybridized carbons (Fsp3) is 0.294. The molecule has 0 aliphatic heterocycles. The normalized spacial score (nSPS) is 12.5. The fourth-order valence-electron chi connectivity index (χ4n) is 2.49. The van der Waals surface area contributed by atoms with Crippen LogP contribution in [-0.2, 0) is 19.6 Å². The van der Waals surface area contributed by atoms with Gasteiger partial charge in [0.15, 0.2) is 0 Å². The Morgan fingerprint density at radius 2 is 1.88 bits per heavy atom. The SMILES string of the molecule is CCOC(=O)[C@H](CCS(=O)(=O)O)NC(=O)c1c(O)ccc2ccccc12. The third-order valence-electron chi connectivity index (χ3n) is 3.68. The van der Waals surface area contributed by atoms with E-state index in [1.807, 2.05) is 0 Å². The maximum absolute atomic E-state index is 12.6. The van der Waals surface area contributed by atoms with Crippen LogP contribution < -0.4 is 5.32 Å². The molecule has 26 heavy (non-hydrogen) atoms. The molecule has 0 saturated carbocycles. The monoisotopic (exact) mass is 381 g/mol. The van der Waals surface area contributed by atoms with Crippen molar-refractivity contribution in [2.24, 2.45) is 0 Å². The number of benzene rings is 2. The molecular weight excluding hydrogens is 362 g/mol. The van der Waals surface area contributed by atoms with Crippen molar-refractivity contribution in [3.63, 3.8) is 0 Å². The van der Waals surface area contributed by atoms with Crippen molar-refractivity contribution in [2.75, 3.05) is 12.4 Å². The highest BCUT2D eigenvalue weighted by Crippen LogP contribution is 2.27. The van der Waals surface area contributed by atoms with Crippen LogP contribution >= 0.6 is 0 Å². The molecule has 0 radical (unpaired) electrons. The van der Waals surface area contributed by atoms with Gasteiger partial charge in [0, 0.05) is 0 Å². The number of hydrogen-bond donors (Lipinski definition) is 3. The summed E-state index contributed by atoms with van der Waals surface area (Å²) >= 11 is 0. The van der Waals surface area contributed by atoms with Crippen LogP contribution in [0.25, 0.3) is 10.8 Å². The molecule has 2 aromatic rings. The second-order valence-electron chi connectivity index (χ2n) is 5.53. The summed E-state index contributed by atoms with van der Waals surface area (Å²) in [6.45, 7) is 1.60. The summed E-state index contributed by atoms with van der Waals surface area (Å²) in [7, 11) is -4.32. The molecule has 9 heteroatoms. The zero-order chi connectivity index (χ0) is 19.3. The van der Waals surface area contributed by atoms with E-state index in [9.17, 15) is 23.1 Å². The van der Waals surface area contributed by atoms with E-state index in [1.165, 1.54) is 6.07 Å². The van der Waals surface area contributed by atoms with E-state index in [1.54, 1.807) is 37.3 Å². The molecule has 3 N–H and O–H groups in total. The van der Waals surface area contributed by atoms with Gasteiger partial charge in [-0.25, -0.2) is 4.79 Å². The molecule has 0 unspecified atom stereocenters. The summed E-state index contributed by atoms with van der Waals surface area (Å²) in [5, 5.41) is 13.6. The minimum atomic E-state index is -4.32. The lowest BCUT2D eigenvalue weighted by atomic mass is 10.0. The third kappa shape index (κ3) is 4.93. The van der Waals surface area contributed by atoms with Crippen LogP contribution in [-0.4, -0.2) is 48.4 Å². The zero-order valence-corrected chi connectivity index (χ0v) is 14.8. The van der Waals surface area contributed by atoms with E-state index in [0.29, 0.717) is 10.8 Å². The minimum Gasteiger partial charge on any atom is -0.507 e. The van der Waals surface area contributed by atoms with Crippen molar-refractivity contribution in [1.29, 1.82) is 0 Å². The molecule has 2 aromatic carbocycles. The molecule has 0 heterocycles. The number of fused-ring (bicyclic) bond motifs is 1. The van der Waals surface area contributed by atoms with Gasteiger partial charge in [-0.15, -0.1) is 0 Å². The predicted molar refractivity (Wildman–Crippen MR) is 94.5 cm³/mol. The summed E-state index contributed by atoms with van der Waals surface area (Å²) in [6.07, 6.45) is -0.366. The fourth-order valence-corrected chi connectivity index (χ4v) is 3.02. The number of hydrogen-bond acceptors (Lipinski definition) is 6. The number of ether oxygens (including phenoxy) is 1. The summed E-state index contributed by atoms with van der Waals surface area (Å²) in [6, 6.07) is 8.57. The highest BCUT2D eigenvalue weighted by atomic mass is 32.2. The second-order valence-corrected chi connectivity index (χ2v) is 7.11. The van der Waals surface area contributed by atoms with Crippen LogP contribution in [0.1, 0.15) is 23.7 Å². The van der Waals surface area contributed by atoms with E-state index < -0.39 is 33.8 Å². The number of phenols is 1. The second kappa shape index (κ2) is 8.15. The predicted octanol–water partition coefficient (Wildman–Crippen LogP) is 1.48. The molecule has 0 aliphatic carbocycles. The van der Waals surface area contributed by atoms with Gasteiger partial charge in [-0.3, -0.25) is 9.35 Å². The number of carbonyl (C=O) groups excluding carboxylic acids is 2. The Balaban J connectivity index is 2.31. The summed E-state index contributed by atoms with van der Waals surface area (Å²) < 4.78 is 35.6. The van der Waals surface area contributed by atoms with Crippen molar-refractivity contribution in [1.82, 2.24) is 5.32 Å². The van der Waals surface area contributed by atoms with Gasteiger partial charge < -0.3 is 15.2 Å².